The molecule has 1 saturated heterocycles. The average Bonchev–Trinajstić information content (AvgIpc) is 2.86. The van der Waals surface area contributed by atoms with Gasteiger partial charge in [0.1, 0.15) is 4.21 Å². The molecule has 1 aromatic rings. The summed E-state index contributed by atoms with van der Waals surface area (Å²) in [5.74, 6) is -0.665. The van der Waals surface area contributed by atoms with Crippen molar-refractivity contribution in [2.75, 3.05) is 19.7 Å². The minimum Gasteiger partial charge on any atom is -0.466 e. The molecule has 0 spiro atoms. The molecule has 0 bridgehead atoms. The smallest absolute Gasteiger partial charge is 0.310 e. The Kier molecular flexibility index (Phi) is 5.22. The summed E-state index contributed by atoms with van der Waals surface area (Å²) in [5.41, 5.74) is 0. The Morgan fingerprint density at radius 2 is 2.30 bits per heavy atom. The van der Waals surface area contributed by atoms with Crippen molar-refractivity contribution in [1.29, 1.82) is 0 Å². The lowest BCUT2D eigenvalue weighted by Crippen LogP contribution is -2.42. The largest absolute Gasteiger partial charge is 0.466 e. The molecule has 0 N–H and O–H groups in total. The number of esters is 1. The summed E-state index contributed by atoms with van der Waals surface area (Å²) in [6.45, 7) is 2.73. The number of ether oxygens (including phenoxy) is 1. The molecule has 1 aliphatic rings. The lowest BCUT2D eigenvalue weighted by molar-refractivity contribution is -0.149. The van der Waals surface area contributed by atoms with Gasteiger partial charge in [-0.25, -0.2) is 8.42 Å². The van der Waals surface area contributed by atoms with E-state index in [0.717, 1.165) is 3.79 Å². The van der Waals surface area contributed by atoms with Crippen LogP contribution >= 0.6 is 27.3 Å². The van der Waals surface area contributed by atoms with Crippen LogP contribution in [0.5, 0.6) is 0 Å². The number of rotatable bonds is 4. The molecule has 112 valence electrons. The Balaban J connectivity index is 2.14. The van der Waals surface area contributed by atoms with Crippen molar-refractivity contribution in [3.05, 3.63) is 15.9 Å². The van der Waals surface area contributed by atoms with E-state index in [1.165, 1.54) is 15.6 Å². The van der Waals surface area contributed by atoms with E-state index in [4.69, 9.17) is 4.74 Å². The number of sulfonamides is 1. The Morgan fingerprint density at radius 1 is 1.55 bits per heavy atom. The van der Waals surface area contributed by atoms with Gasteiger partial charge in [-0.2, -0.15) is 4.31 Å². The molecular formula is C12H16BrNO4S2. The highest BCUT2D eigenvalue weighted by Gasteiger charge is 2.34. The monoisotopic (exact) mass is 381 g/mol. The molecule has 0 aliphatic carbocycles. The van der Waals surface area contributed by atoms with Crippen LogP contribution in [-0.4, -0.2) is 38.4 Å². The Labute approximate surface area is 131 Å². The Hall–Kier alpha value is -0.440. The number of piperidine rings is 1. The number of thiophene rings is 1. The fraction of sp³-hybridized carbons (Fsp3) is 0.583. The van der Waals surface area contributed by atoms with Gasteiger partial charge in [-0.3, -0.25) is 4.79 Å². The molecule has 0 saturated carbocycles. The van der Waals surface area contributed by atoms with E-state index in [1.54, 1.807) is 19.1 Å². The van der Waals surface area contributed by atoms with Gasteiger partial charge in [-0.15, -0.1) is 11.3 Å². The van der Waals surface area contributed by atoms with Gasteiger partial charge in [0.05, 0.1) is 16.3 Å². The minimum atomic E-state index is -3.51. The van der Waals surface area contributed by atoms with E-state index >= 15 is 0 Å². The number of nitrogens with zero attached hydrogens (tertiary/aromatic N) is 1. The first-order chi connectivity index (χ1) is 9.45. The molecule has 2 rings (SSSR count). The van der Waals surface area contributed by atoms with Crippen LogP contribution in [0.2, 0.25) is 0 Å². The van der Waals surface area contributed by atoms with Gasteiger partial charge >= 0.3 is 5.97 Å². The Bertz CT molecular complexity index is 584. The highest BCUT2D eigenvalue weighted by Crippen LogP contribution is 2.31. The second-order valence-electron chi connectivity index (χ2n) is 4.51. The van der Waals surface area contributed by atoms with Crippen LogP contribution in [0.3, 0.4) is 0 Å². The van der Waals surface area contributed by atoms with E-state index in [9.17, 15) is 13.2 Å². The van der Waals surface area contributed by atoms with Crippen molar-refractivity contribution < 1.29 is 17.9 Å². The fourth-order valence-corrected chi connectivity index (χ4v) is 5.86. The number of halogens is 1. The molecule has 5 nitrogen and oxygen atoms in total. The fourth-order valence-electron chi connectivity index (χ4n) is 2.18. The van der Waals surface area contributed by atoms with Crippen molar-refractivity contribution in [2.45, 2.75) is 24.0 Å². The average molecular weight is 382 g/mol. The van der Waals surface area contributed by atoms with Crippen molar-refractivity contribution in [3.63, 3.8) is 0 Å². The van der Waals surface area contributed by atoms with Crippen molar-refractivity contribution in [2.24, 2.45) is 5.92 Å². The first-order valence-corrected chi connectivity index (χ1v) is 9.42. The molecule has 0 aromatic carbocycles. The third kappa shape index (κ3) is 3.41. The zero-order valence-electron chi connectivity index (χ0n) is 11.0. The van der Waals surface area contributed by atoms with Crippen LogP contribution in [-0.2, 0) is 19.6 Å². The topological polar surface area (TPSA) is 63.7 Å². The first-order valence-electron chi connectivity index (χ1n) is 6.37. The lowest BCUT2D eigenvalue weighted by Gasteiger charge is -2.30. The molecule has 1 aliphatic heterocycles. The summed E-state index contributed by atoms with van der Waals surface area (Å²) in [6, 6.07) is 3.29. The zero-order valence-corrected chi connectivity index (χ0v) is 14.3. The maximum atomic E-state index is 12.5. The van der Waals surface area contributed by atoms with Crippen LogP contribution in [0.4, 0.5) is 0 Å². The standard InChI is InChI=1S/C12H16BrNO4S2/c1-2-18-12(15)9-4-3-7-14(8-9)20(16,17)11-6-5-10(13)19-11/h5-6,9H,2-4,7-8H2,1H3/t9-/m1/s1. The molecule has 0 radical (unpaired) electrons. The molecule has 0 unspecified atom stereocenters. The minimum absolute atomic E-state index is 0.205. The molecule has 1 aromatic heterocycles. The summed E-state index contributed by atoms with van der Waals surface area (Å²) in [4.78, 5) is 11.8. The quantitative estimate of drug-likeness (QED) is 0.751. The number of carbonyl (C=O) groups is 1. The third-order valence-electron chi connectivity index (χ3n) is 3.15. The molecule has 1 fully saturated rings. The normalized spacial score (nSPS) is 20.8. The summed E-state index contributed by atoms with van der Waals surface area (Å²) in [7, 11) is -3.51. The number of carbonyl (C=O) groups excluding carboxylic acids is 1. The summed E-state index contributed by atoms with van der Waals surface area (Å²) >= 11 is 4.44. The second kappa shape index (κ2) is 6.55. The van der Waals surface area contributed by atoms with Gasteiger partial charge in [0.2, 0.25) is 0 Å². The van der Waals surface area contributed by atoms with E-state index in [0.29, 0.717) is 30.2 Å². The van der Waals surface area contributed by atoms with Crippen molar-refractivity contribution in [3.8, 4) is 0 Å². The van der Waals surface area contributed by atoms with Gasteiger partial charge in [0.25, 0.3) is 10.0 Å². The Morgan fingerprint density at radius 3 is 2.90 bits per heavy atom. The van der Waals surface area contributed by atoms with Gasteiger partial charge in [0, 0.05) is 13.1 Å². The molecular weight excluding hydrogens is 366 g/mol. The predicted molar refractivity (Wildman–Crippen MR) is 80.1 cm³/mol. The van der Waals surface area contributed by atoms with Gasteiger partial charge < -0.3 is 4.74 Å². The van der Waals surface area contributed by atoms with E-state index in [-0.39, 0.29) is 18.4 Å². The summed E-state index contributed by atoms with van der Waals surface area (Å²) in [6.07, 6.45) is 1.36. The van der Waals surface area contributed by atoms with Crippen LogP contribution in [0.25, 0.3) is 0 Å². The van der Waals surface area contributed by atoms with Gasteiger partial charge in [-0.05, 0) is 47.8 Å². The van der Waals surface area contributed by atoms with Gasteiger partial charge in [0.15, 0.2) is 0 Å². The van der Waals surface area contributed by atoms with Crippen molar-refractivity contribution in [1.82, 2.24) is 4.31 Å². The van der Waals surface area contributed by atoms with E-state index < -0.39 is 10.0 Å². The number of hydrogen-bond acceptors (Lipinski definition) is 5. The molecule has 2 heterocycles. The first kappa shape index (κ1) is 15.9. The highest BCUT2D eigenvalue weighted by atomic mass is 79.9. The van der Waals surface area contributed by atoms with Crippen LogP contribution < -0.4 is 0 Å². The highest BCUT2D eigenvalue weighted by molar-refractivity contribution is 9.11. The third-order valence-corrected chi connectivity index (χ3v) is 7.10. The van der Waals surface area contributed by atoms with Gasteiger partial charge in [-0.1, -0.05) is 0 Å². The van der Waals surface area contributed by atoms with Crippen LogP contribution in [0, 0.1) is 5.92 Å². The molecule has 1 atom stereocenters. The van der Waals surface area contributed by atoms with Crippen molar-refractivity contribution >= 4 is 43.3 Å². The molecule has 20 heavy (non-hydrogen) atoms. The molecule has 0 amide bonds. The maximum Gasteiger partial charge on any atom is 0.310 e. The summed E-state index contributed by atoms with van der Waals surface area (Å²) < 4.78 is 32.4. The van der Waals surface area contributed by atoms with E-state index in [2.05, 4.69) is 15.9 Å². The van der Waals surface area contributed by atoms with Crippen LogP contribution in [0.15, 0.2) is 20.1 Å². The predicted octanol–water partition coefficient (Wildman–Crippen LogP) is 2.47. The van der Waals surface area contributed by atoms with E-state index in [1.807, 2.05) is 0 Å². The number of hydrogen-bond donors (Lipinski definition) is 0. The lowest BCUT2D eigenvalue weighted by atomic mass is 10.0. The SMILES string of the molecule is CCOC(=O)[C@@H]1CCCN(S(=O)(=O)c2ccc(Br)s2)C1. The molecule has 8 heteroatoms. The van der Waals surface area contributed by atoms with Crippen LogP contribution in [0.1, 0.15) is 19.8 Å². The second-order valence-corrected chi connectivity index (χ2v) is 9.14. The maximum absolute atomic E-state index is 12.5. The zero-order chi connectivity index (χ0) is 14.8. The summed E-state index contributed by atoms with van der Waals surface area (Å²) in [5, 5.41) is 0.